The third-order valence-corrected chi connectivity index (χ3v) is 3.26. The molecule has 0 aliphatic carbocycles. The normalized spacial score (nSPS) is 11.9. The van der Waals surface area contributed by atoms with E-state index in [1.807, 2.05) is 0 Å². The van der Waals surface area contributed by atoms with Crippen LogP contribution in [0.4, 0.5) is 10.1 Å². The van der Waals surface area contributed by atoms with Crippen molar-refractivity contribution in [2.45, 2.75) is 33.6 Å². The maximum atomic E-state index is 13.0. The standard InChI is InChI=1S/C18H24FN/c1-5-15(3)9-7-8-10-16(4)20(6-2)18-13-11-17(19)12-14-18/h7-8,10-14H,3,5-6,9H2,1-2,4H3. The molecule has 0 aromatic heterocycles. The largest absolute Gasteiger partial charge is 0.346 e. The van der Waals surface area contributed by atoms with Gasteiger partial charge in [-0.25, -0.2) is 4.39 Å². The zero-order valence-corrected chi connectivity index (χ0v) is 12.7. The van der Waals surface area contributed by atoms with Gasteiger partial charge in [0, 0.05) is 17.9 Å². The summed E-state index contributed by atoms with van der Waals surface area (Å²) in [4.78, 5) is 2.15. The molecule has 1 nitrogen and oxygen atoms in total. The Kier molecular flexibility index (Phi) is 6.78. The molecule has 108 valence electrons. The van der Waals surface area contributed by atoms with Crippen LogP contribution in [-0.2, 0) is 0 Å². The van der Waals surface area contributed by atoms with Gasteiger partial charge in [-0.15, -0.1) is 0 Å². The summed E-state index contributed by atoms with van der Waals surface area (Å²) in [7, 11) is 0. The van der Waals surface area contributed by atoms with Gasteiger partial charge in [-0.3, -0.25) is 0 Å². The Morgan fingerprint density at radius 2 is 1.90 bits per heavy atom. The molecule has 1 aromatic rings. The van der Waals surface area contributed by atoms with Gasteiger partial charge in [0.25, 0.3) is 0 Å². The van der Waals surface area contributed by atoms with Crippen molar-refractivity contribution in [3.05, 3.63) is 66.2 Å². The molecule has 0 aliphatic heterocycles. The number of rotatable bonds is 7. The van der Waals surface area contributed by atoms with Crippen molar-refractivity contribution >= 4 is 5.69 Å². The molecule has 0 spiro atoms. The van der Waals surface area contributed by atoms with Gasteiger partial charge in [0.05, 0.1) is 0 Å². The summed E-state index contributed by atoms with van der Waals surface area (Å²) in [5.41, 5.74) is 3.38. The van der Waals surface area contributed by atoms with Crippen molar-refractivity contribution in [3.63, 3.8) is 0 Å². The third-order valence-electron chi connectivity index (χ3n) is 3.26. The summed E-state index contributed by atoms with van der Waals surface area (Å²) in [6.45, 7) is 11.1. The molecule has 0 amide bonds. The lowest BCUT2D eigenvalue weighted by Crippen LogP contribution is -2.19. The fourth-order valence-electron chi connectivity index (χ4n) is 1.93. The number of nitrogens with zero attached hydrogens (tertiary/aromatic N) is 1. The monoisotopic (exact) mass is 273 g/mol. The second-order valence-corrected chi connectivity index (χ2v) is 4.76. The van der Waals surface area contributed by atoms with Crippen LogP contribution in [0.2, 0.25) is 0 Å². The zero-order chi connectivity index (χ0) is 15.0. The van der Waals surface area contributed by atoms with Crippen molar-refractivity contribution in [1.29, 1.82) is 0 Å². The molecule has 0 aliphatic rings. The van der Waals surface area contributed by atoms with Crippen molar-refractivity contribution < 1.29 is 4.39 Å². The lowest BCUT2D eigenvalue weighted by atomic mass is 10.1. The zero-order valence-electron chi connectivity index (χ0n) is 12.7. The van der Waals surface area contributed by atoms with E-state index in [4.69, 9.17) is 0 Å². The number of anilines is 1. The molecule has 1 aromatic carbocycles. The first-order valence-electron chi connectivity index (χ1n) is 7.11. The molecule has 0 saturated carbocycles. The van der Waals surface area contributed by atoms with Gasteiger partial charge in [-0.2, -0.15) is 0 Å². The molecule has 1 rings (SSSR count). The average molecular weight is 273 g/mol. The number of halogens is 1. The van der Waals surface area contributed by atoms with Crippen molar-refractivity contribution in [3.8, 4) is 0 Å². The van der Waals surface area contributed by atoms with Crippen LogP contribution < -0.4 is 4.90 Å². The number of hydrogen-bond donors (Lipinski definition) is 0. The van der Waals surface area contributed by atoms with Gasteiger partial charge in [0.15, 0.2) is 0 Å². The van der Waals surface area contributed by atoms with Crippen molar-refractivity contribution in [2.24, 2.45) is 0 Å². The molecule has 20 heavy (non-hydrogen) atoms. The molecule has 0 saturated heterocycles. The second kappa shape index (κ2) is 8.36. The van der Waals surface area contributed by atoms with Gasteiger partial charge < -0.3 is 4.90 Å². The number of hydrogen-bond acceptors (Lipinski definition) is 1. The first kappa shape index (κ1) is 16.2. The first-order valence-corrected chi connectivity index (χ1v) is 7.11. The van der Waals surface area contributed by atoms with E-state index in [2.05, 4.69) is 50.5 Å². The van der Waals surface area contributed by atoms with Crippen LogP contribution in [0, 0.1) is 5.82 Å². The highest BCUT2D eigenvalue weighted by Crippen LogP contribution is 2.19. The Balaban J connectivity index is 2.73. The van der Waals surface area contributed by atoms with Crippen LogP contribution in [0.25, 0.3) is 0 Å². The Morgan fingerprint density at radius 1 is 1.25 bits per heavy atom. The highest BCUT2D eigenvalue weighted by Gasteiger charge is 2.05. The lowest BCUT2D eigenvalue weighted by Gasteiger charge is -2.23. The molecule has 0 heterocycles. The summed E-state index contributed by atoms with van der Waals surface area (Å²) < 4.78 is 13.0. The minimum Gasteiger partial charge on any atom is -0.346 e. The van der Waals surface area contributed by atoms with Crippen LogP contribution in [0.1, 0.15) is 33.6 Å². The lowest BCUT2D eigenvalue weighted by molar-refractivity contribution is 0.627. The van der Waals surface area contributed by atoms with Gasteiger partial charge in [-0.05, 0) is 57.0 Å². The predicted molar refractivity (Wildman–Crippen MR) is 86.4 cm³/mol. The number of benzene rings is 1. The second-order valence-electron chi connectivity index (χ2n) is 4.76. The van der Waals surface area contributed by atoms with E-state index in [1.54, 1.807) is 12.1 Å². The summed E-state index contributed by atoms with van der Waals surface area (Å²) >= 11 is 0. The van der Waals surface area contributed by atoms with Gasteiger partial charge in [0.1, 0.15) is 5.82 Å². The van der Waals surface area contributed by atoms with Crippen LogP contribution in [0.15, 0.2) is 60.3 Å². The summed E-state index contributed by atoms with van der Waals surface area (Å²) in [6.07, 6.45) is 8.19. The summed E-state index contributed by atoms with van der Waals surface area (Å²) in [6, 6.07) is 6.59. The highest BCUT2D eigenvalue weighted by atomic mass is 19.1. The Hall–Kier alpha value is -1.83. The molecule has 0 N–H and O–H groups in total. The maximum absolute atomic E-state index is 13.0. The topological polar surface area (TPSA) is 3.24 Å². The van der Waals surface area contributed by atoms with Crippen LogP contribution in [0.5, 0.6) is 0 Å². The smallest absolute Gasteiger partial charge is 0.123 e. The maximum Gasteiger partial charge on any atom is 0.123 e. The van der Waals surface area contributed by atoms with E-state index in [0.717, 1.165) is 30.8 Å². The molecule has 0 unspecified atom stereocenters. The Morgan fingerprint density at radius 3 is 2.45 bits per heavy atom. The highest BCUT2D eigenvalue weighted by molar-refractivity contribution is 5.51. The molecular formula is C18H24FN. The van der Waals surface area contributed by atoms with E-state index < -0.39 is 0 Å². The van der Waals surface area contributed by atoms with Crippen molar-refractivity contribution in [2.75, 3.05) is 11.4 Å². The molecular weight excluding hydrogens is 249 g/mol. The molecule has 2 heteroatoms. The number of allylic oxidation sites excluding steroid dienone is 5. The van der Waals surface area contributed by atoms with Crippen LogP contribution in [-0.4, -0.2) is 6.54 Å². The van der Waals surface area contributed by atoms with E-state index >= 15 is 0 Å². The third kappa shape index (κ3) is 5.04. The van der Waals surface area contributed by atoms with E-state index in [9.17, 15) is 4.39 Å². The van der Waals surface area contributed by atoms with E-state index in [0.29, 0.717) is 0 Å². The van der Waals surface area contributed by atoms with E-state index in [1.165, 1.54) is 17.7 Å². The Labute approximate surface area is 122 Å². The van der Waals surface area contributed by atoms with E-state index in [-0.39, 0.29) is 5.82 Å². The van der Waals surface area contributed by atoms with Gasteiger partial charge >= 0.3 is 0 Å². The quantitative estimate of drug-likeness (QED) is 0.470. The predicted octanol–water partition coefficient (Wildman–Crippen LogP) is 5.47. The Bertz CT molecular complexity index is 483. The first-order chi connectivity index (χ1) is 9.58. The van der Waals surface area contributed by atoms with Crippen LogP contribution in [0.3, 0.4) is 0 Å². The summed E-state index contributed by atoms with van der Waals surface area (Å²) in [5, 5.41) is 0. The van der Waals surface area contributed by atoms with Gasteiger partial charge in [0.2, 0.25) is 0 Å². The van der Waals surface area contributed by atoms with Crippen molar-refractivity contribution in [1.82, 2.24) is 0 Å². The average Bonchev–Trinajstić information content (AvgIpc) is 2.46. The molecule has 0 bridgehead atoms. The fraction of sp³-hybridized carbons (Fsp3) is 0.333. The fourth-order valence-corrected chi connectivity index (χ4v) is 1.93. The minimum absolute atomic E-state index is 0.204. The summed E-state index contributed by atoms with van der Waals surface area (Å²) in [5.74, 6) is -0.204. The SMILES string of the molecule is C=C(CC)CC=CC=C(C)N(CC)c1ccc(F)cc1. The minimum atomic E-state index is -0.204. The van der Waals surface area contributed by atoms with Gasteiger partial charge in [-0.1, -0.05) is 31.2 Å². The molecule has 0 fully saturated rings. The van der Waals surface area contributed by atoms with Crippen LogP contribution >= 0.6 is 0 Å². The molecule has 0 atom stereocenters. The molecule has 0 radical (unpaired) electrons.